The molecule has 1 unspecified atom stereocenters. The van der Waals surface area contributed by atoms with Gasteiger partial charge >= 0.3 is 0 Å². The van der Waals surface area contributed by atoms with Gasteiger partial charge in [0, 0.05) is 43.2 Å². The molecular formula is C18H22N6O. The number of aromatic nitrogens is 5. The number of pyridine rings is 1. The van der Waals surface area contributed by atoms with E-state index in [0.717, 1.165) is 48.9 Å². The number of aryl methyl sites for hydroxylation is 2. The standard InChI is InChI=1S/C18H22N6O/c1-13-5-3-7-16(20-13)25-12-15-6-4-9-23(11-15)17-18-22-21-14(2)24(18)10-8-19-17/h3,5,7-8,10,15H,4,6,9,11-12H2,1-2H3. The Hall–Kier alpha value is -2.70. The predicted molar refractivity (Wildman–Crippen MR) is 94.9 cm³/mol. The van der Waals surface area contributed by atoms with Gasteiger partial charge in [-0.25, -0.2) is 9.97 Å². The summed E-state index contributed by atoms with van der Waals surface area (Å²) in [6.07, 6.45) is 5.99. The Morgan fingerprint density at radius 1 is 1.24 bits per heavy atom. The van der Waals surface area contributed by atoms with Crippen LogP contribution in [0.4, 0.5) is 5.82 Å². The van der Waals surface area contributed by atoms with Gasteiger partial charge in [0.15, 0.2) is 5.82 Å². The van der Waals surface area contributed by atoms with Crippen molar-refractivity contribution in [2.45, 2.75) is 26.7 Å². The van der Waals surface area contributed by atoms with Gasteiger partial charge in [0.05, 0.1) is 6.61 Å². The molecule has 25 heavy (non-hydrogen) atoms. The molecule has 4 heterocycles. The molecule has 1 aliphatic heterocycles. The van der Waals surface area contributed by atoms with E-state index < -0.39 is 0 Å². The van der Waals surface area contributed by atoms with Crippen molar-refractivity contribution in [2.24, 2.45) is 5.92 Å². The Bertz CT molecular complexity index is 877. The number of rotatable bonds is 4. The number of fused-ring (bicyclic) bond motifs is 1. The van der Waals surface area contributed by atoms with Crippen LogP contribution in [-0.4, -0.2) is 44.3 Å². The highest BCUT2D eigenvalue weighted by molar-refractivity contribution is 5.63. The van der Waals surface area contributed by atoms with Gasteiger partial charge in [0.2, 0.25) is 11.5 Å². The van der Waals surface area contributed by atoms with Crippen LogP contribution >= 0.6 is 0 Å². The second-order valence-corrected chi connectivity index (χ2v) is 6.57. The van der Waals surface area contributed by atoms with Crippen molar-refractivity contribution in [2.75, 3.05) is 24.6 Å². The molecule has 3 aromatic rings. The first-order valence-corrected chi connectivity index (χ1v) is 8.68. The van der Waals surface area contributed by atoms with Crippen LogP contribution in [0.3, 0.4) is 0 Å². The first-order chi connectivity index (χ1) is 12.2. The molecule has 0 radical (unpaired) electrons. The molecule has 3 aromatic heterocycles. The van der Waals surface area contributed by atoms with Gasteiger partial charge in [-0.3, -0.25) is 4.40 Å². The van der Waals surface area contributed by atoms with E-state index in [1.165, 1.54) is 0 Å². The average Bonchev–Trinajstić information content (AvgIpc) is 3.02. The number of piperidine rings is 1. The van der Waals surface area contributed by atoms with Gasteiger partial charge in [-0.15, -0.1) is 10.2 Å². The molecule has 0 N–H and O–H groups in total. The zero-order valence-corrected chi connectivity index (χ0v) is 14.6. The second-order valence-electron chi connectivity index (χ2n) is 6.57. The van der Waals surface area contributed by atoms with Crippen molar-refractivity contribution >= 4 is 11.5 Å². The van der Waals surface area contributed by atoms with E-state index in [9.17, 15) is 0 Å². The highest BCUT2D eigenvalue weighted by atomic mass is 16.5. The van der Waals surface area contributed by atoms with E-state index in [-0.39, 0.29) is 0 Å². The van der Waals surface area contributed by atoms with Gasteiger partial charge < -0.3 is 9.64 Å². The van der Waals surface area contributed by atoms with Crippen molar-refractivity contribution in [1.82, 2.24) is 24.6 Å². The monoisotopic (exact) mass is 338 g/mol. The molecule has 130 valence electrons. The highest BCUT2D eigenvalue weighted by Gasteiger charge is 2.24. The largest absolute Gasteiger partial charge is 0.477 e. The quantitative estimate of drug-likeness (QED) is 0.728. The van der Waals surface area contributed by atoms with E-state index in [0.29, 0.717) is 18.4 Å². The van der Waals surface area contributed by atoms with Crippen LogP contribution in [-0.2, 0) is 0 Å². The van der Waals surface area contributed by atoms with Crippen molar-refractivity contribution < 1.29 is 4.74 Å². The molecule has 0 bridgehead atoms. The fourth-order valence-corrected chi connectivity index (χ4v) is 3.35. The third-order valence-corrected chi connectivity index (χ3v) is 4.63. The van der Waals surface area contributed by atoms with Crippen LogP contribution in [0.2, 0.25) is 0 Å². The van der Waals surface area contributed by atoms with E-state index in [1.807, 2.05) is 48.8 Å². The summed E-state index contributed by atoms with van der Waals surface area (Å²) >= 11 is 0. The van der Waals surface area contributed by atoms with Gasteiger partial charge in [0.25, 0.3) is 0 Å². The molecule has 0 spiro atoms. The van der Waals surface area contributed by atoms with E-state index >= 15 is 0 Å². The smallest absolute Gasteiger partial charge is 0.213 e. The van der Waals surface area contributed by atoms with Crippen molar-refractivity contribution in [3.05, 3.63) is 42.1 Å². The SMILES string of the molecule is Cc1cccc(OCC2CCCN(c3nccn4c(C)nnc34)C2)n1. The Labute approximate surface area is 146 Å². The van der Waals surface area contributed by atoms with Crippen LogP contribution in [0.1, 0.15) is 24.4 Å². The van der Waals surface area contributed by atoms with Crippen molar-refractivity contribution in [3.8, 4) is 5.88 Å². The predicted octanol–water partition coefficient (Wildman–Crippen LogP) is 2.43. The van der Waals surface area contributed by atoms with Crippen molar-refractivity contribution in [3.63, 3.8) is 0 Å². The lowest BCUT2D eigenvalue weighted by Crippen LogP contribution is -2.38. The normalized spacial score (nSPS) is 17.8. The minimum atomic E-state index is 0.446. The summed E-state index contributed by atoms with van der Waals surface area (Å²) in [6.45, 7) is 6.48. The minimum absolute atomic E-state index is 0.446. The van der Waals surface area contributed by atoms with Gasteiger partial charge in [-0.1, -0.05) is 6.07 Å². The fraction of sp³-hybridized carbons (Fsp3) is 0.444. The molecule has 0 amide bonds. The van der Waals surface area contributed by atoms with Gasteiger partial charge in [0.1, 0.15) is 5.82 Å². The maximum Gasteiger partial charge on any atom is 0.213 e. The van der Waals surface area contributed by atoms with E-state index in [2.05, 4.69) is 25.1 Å². The van der Waals surface area contributed by atoms with Gasteiger partial charge in [-0.05, 0) is 32.8 Å². The second kappa shape index (κ2) is 6.66. The van der Waals surface area contributed by atoms with Gasteiger partial charge in [-0.2, -0.15) is 0 Å². The molecule has 7 heteroatoms. The first-order valence-electron chi connectivity index (χ1n) is 8.68. The molecule has 0 aromatic carbocycles. The summed E-state index contributed by atoms with van der Waals surface area (Å²) in [5, 5.41) is 8.46. The van der Waals surface area contributed by atoms with Crippen LogP contribution in [0.15, 0.2) is 30.6 Å². The van der Waals surface area contributed by atoms with E-state index in [1.54, 1.807) is 0 Å². The van der Waals surface area contributed by atoms with Crippen LogP contribution in [0.5, 0.6) is 5.88 Å². The molecule has 4 rings (SSSR count). The molecule has 7 nitrogen and oxygen atoms in total. The highest BCUT2D eigenvalue weighted by Crippen LogP contribution is 2.25. The molecule has 0 aliphatic carbocycles. The molecule has 1 saturated heterocycles. The number of anilines is 1. The summed E-state index contributed by atoms with van der Waals surface area (Å²) in [5.74, 6) is 2.93. The molecule has 1 fully saturated rings. The number of hydrogen-bond donors (Lipinski definition) is 0. The van der Waals surface area contributed by atoms with E-state index in [4.69, 9.17) is 4.74 Å². The molecule has 1 atom stereocenters. The minimum Gasteiger partial charge on any atom is -0.477 e. The molecule has 0 saturated carbocycles. The Balaban J connectivity index is 1.47. The maximum absolute atomic E-state index is 5.91. The topological polar surface area (TPSA) is 68.4 Å². The molecule has 1 aliphatic rings. The third-order valence-electron chi connectivity index (χ3n) is 4.63. The zero-order chi connectivity index (χ0) is 17.2. The zero-order valence-electron chi connectivity index (χ0n) is 14.6. The average molecular weight is 338 g/mol. The van der Waals surface area contributed by atoms with Crippen LogP contribution in [0, 0.1) is 19.8 Å². The molecular weight excluding hydrogens is 316 g/mol. The summed E-state index contributed by atoms with van der Waals surface area (Å²) in [4.78, 5) is 11.3. The number of ether oxygens (including phenoxy) is 1. The summed E-state index contributed by atoms with van der Waals surface area (Å²) in [7, 11) is 0. The van der Waals surface area contributed by atoms with Crippen molar-refractivity contribution in [1.29, 1.82) is 0 Å². The Morgan fingerprint density at radius 3 is 3.04 bits per heavy atom. The third kappa shape index (κ3) is 3.26. The Kier molecular flexibility index (Phi) is 4.21. The maximum atomic E-state index is 5.91. The lowest BCUT2D eigenvalue weighted by atomic mass is 9.99. The number of nitrogens with zero attached hydrogens (tertiary/aromatic N) is 6. The number of hydrogen-bond acceptors (Lipinski definition) is 6. The summed E-state index contributed by atoms with van der Waals surface area (Å²) in [5.41, 5.74) is 1.79. The summed E-state index contributed by atoms with van der Waals surface area (Å²) < 4.78 is 7.90. The summed E-state index contributed by atoms with van der Waals surface area (Å²) in [6, 6.07) is 5.86. The Morgan fingerprint density at radius 2 is 2.16 bits per heavy atom. The lowest BCUT2D eigenvalue weighted by molar-refractivity contribution is 0.221. The first kappa shape index (κ1) is 15.8. The van der Waals surface area contributed by atoms with Crippen LogP contribution < -0.4 is 9.64 Å². The fourth-order valence-electron chi connectivity index (χ4n) is 3.35. The van der Waals surface area contributed by atoms with Crippen LogP contribution in [0.25, 0.3) is 5.65 Å². The lowest BCUT2D eigenvalue weighted by Gasteiger charge is -2.33.